The SMILES string of the molecule is CCCCCCCCCCCCOc1ccc(CN(Cc2cccc[n+]2CC)S(=O)(=O)c2ccc(C)cc2)c(C)c1.[I-]. The van der Waals surface area contributed by atoms with E-state index in [1.165, 1.54) is 57.8 Å². The van der Waals surface area contributed by atoms with Crippen LogP contribution in [0.2, 0.25) is 0 Å². The Balaban J connectivity index is 0.00000616. The van der Waals surface area contributed by atoms with Gasteiger partial charge in [0.25, 0.3) is 0 Å². The van der Waals surface area contributed by atoms with Gasteiger partial charge in [-0.25, -0.2) is 13.0 Å². The van der Waals surface area contributed by atoms with Gasteiger partial charge in [-0.15, -0.1) is 0 Å². The van der Waals surface area contributed by atoms with E-state index in [2.05, 4.69) is 18.4 Å². The van der Waals surface area contributed by atoms with Gasteiger partial charge < -0.3 is 28.7 Å². The van der Waals surface area contributed by atoms with Gasteiger partial charge in [0.15, 0.2) is 11.9 Å². The van der Waals surface area contributed by atoms with Crippen molar-refractivity contribution >= 4 is 10.0 Å². The van der Waals surface area contributed by atoms with E-state index in [-0.39, 0.29) is 24.0 Å². The molecule has 3 rings (SSSR count). The second kappa shape index (κ2) is 19.3. The molecule has 0 bridgehead atoms. The number of rotatable bonds is 19. The monoisotopic (exact) mass is 706 g/mol. The number of hydrogen-bond donors (Lipinski definition) is 0. The number of aryl methyl sites for hydroxylation is 3. The number of halogens is 1. The normalized spacial score (nSPS) is 11.5. The predicted molar refractivity (Wildman–Crippen MR) is 168 cm³/mol. The molecule has 0 aliphatic rings. The molecule has 0 amide bonds. The summed E-state index contributed by atoms with van der Waals surface area (Å²) in [6, 6.07) is 19.1. The maximum absolute atomic E-state index is 13.8. The molecule has 0 fully saturated rings. The molecule has 0 saturated carbocycles. The van der Waals surface area contributed by atoms with E-state index >= 15 is 0 Å². The minimum atomic E-state index is -3.71. The van der Waals surface area contributed by atoms with E-state index < -0.39 is 10.0 Å². The van der Waals surface area contributed by atoms with Gasteiger partial charge in [-0.3, -0.25) is 0 Å². The van der Waals surface area contributed by atoms with Crippen LogP contribution in [0.1, 0.15) is 100 Å². The van der Waals surface area contributed by atoms with Gasteiger partial charge >= 0.3 is 0 Å². The highest BCUT2D eigenvalue weighted by atomic mass is 127. The first-order valence-electron chi connectivity index (χ1n) is 15.6. The Hall–Kier alpha value is -1.97. The summed E-state index contributed by atoms with van der Waals surface area (Å²) >= 11 is 0. The molecular weight excluding hydrogens is 655 g/mol. The highest BCUT2D eigenvalue weighted by molar-refractivity contribution is 7.89. The number of pyridine rings is 1. The summed E-state index contributed by atoms with van der Waals surface area (Å²) in [6.07, 6.45) is 15.0. The van der Waals surface area contributed by atoms with E-state index in [1.807, 2.05) is 68.6 Å². The zero-order valence-corrected chi connectivity index (χ0v) is 29.1. The molecule has 0 aliphatic heterocycles. The zero-order chi connectivity index (χ0) is 29.5. The second-order valence-corrected chi connectivity index (χ2v) is 13.1. The number of nitrogens with zero attached hydrogens (tertiary/aromatic N) is 2. The van der Waals surface area contributed by atoms with Gasteiger partial charge in [0, 0.05) is 18.7 Å². The molecule has 7 heteroatoms. The molecule has 0 spiro atoms. The molecule has 232 valence electrons. The van der Waals surface area contributed by atoms with Crippen LogP contribution >= 0.6 is 0 Å². The Morgan fingerprint density at radius 1 is 0.762 bits per heavy atom. The molecule has 3 aromatic rings. The van der Waals surface area contributed by atoms with Gasteiger partial charge in [0.05, 0.1) is 18.0 Å². The van der Waals surface area contributed by atoms with Gasteiger partial charge in [0.1, 0.15) is 12.3 Å². The Bertz CT molecular complexity index is 1300. The molecule has 0 atom stereocenters. The fraction of sp³-hybridized carbons (Fsp3) is 0.514. The van der Waals surface area contributed by atoms with Crippen molar-refractivity contribution in [2.24, 2.45) is 0 Å². The third-order valence-corrected chi connectivity index (χ3v) is 9.61. The molecule has 0 N–H and O–H groups in total. The number of hydrogen-bond acceptors (Lipinski definition) is 3. The van der Waals surface area contributed by atoms with Gasteiger partial charge in [0.2, 0.25) is 10.0 Å². The molecule has 0 saturated heterocycles. The molecular formula is C35H51IN2O3S. The topological polar surface area (TPSA) is 50.5 Å². The van der Waals surface area contributed by atoms with Gasteiger partial charge in [-0.1, -0.05) is 94.5 Å². The Kier molecular flexibility index (Phi) is 16.7. The quantitative estimate of drug-likeness (QED) is 0.0967. The Morgan fingerprint density at radius 2 is 1.40 bits per heavy atom. The summed E-state index contributed by atoms with van der Waals surface area (Å²) < 4.78 is 37.4. The van der Waals surface area contributed by atoms with Gasteiger partial charge in [-0.2, -0.15) is 4.31 Å². The summed E-state index contributed by atoms with van der Waals surface area (Å²) in [5.41, 5.74) is 4.00. The maximum atomic E-state index is 13.8. The van der Waals surface area contributed by atoms with Crippen LogP contribution in [0.4, 0.5) is 0 Å². The predicted octanol–water partition coefficient (Wildman–Crippen LogP) is 5.31. The number of unbranched alkanes of at least 4 members (excludes halogenated alkanes) is 9. The smallest absolute Gasteiger partial charge is 0.243 e. The first kappa shape index (κ1) is 36.2. The molecule has 0 unspecified atom stereocenters. The van der Waals surface area contributed by atoms with E-state index in [1.54, 1.807) is 16.4 Å². The highest BCUT2D eigenvalue weighted by Gasteiger charge is 2.28. The van der Waals surface area contributed by atoms with Crippen molar-refractivity contribution in [2.75, 3.05) is 6.61 Å². The lowest BCUT2D eigenvalue weighted by molar-refractivity contribution is -0.701. The first-order chi connectivity index (χ1) is 19.8. The highest BCUT2D eigenvalue weighted by Crippen LogP contribution is 2.25. The molecule has 2 aromatic carbocycles. The number of benzene rings is 2. The van der Waals surface area contributed by atoms with E-state index in [0.29, 0.717) is 24.6 Å². The van der Waals surface area contributed by atoms with Crippen molar-refractivity contribution in [3.8, 4) is 5.75 Å². The number of aromatic nitrogens is 1. The first-order valence-corrected chi connectivity index (χ1v) is 17.1. The Labute approximate surface area is 272 Å². The van der Waals surface area contributed by atoms with Crippen molar-refractivity contribution in [3.05, 3.63) is 89.2 Å². The molecule has 1 heterocycles. The molecule has 0 radical (unpaired) electrons. The lowest BCUT2D eigenvalue weighted by Crippen LogP contribution is -3.00. The number of ether oxygens (including phenoxy) is 1. The lowest BCUT2D eigenvalue weighted by Gasteiger charge is -2.23. The Morgan fingerprint density at radius 3 is 2.02 bits per heavy atom. The fourth-order valence-electron chi connectivity index (χ4n) is 5.13. The van der Waals surface area contributed by atoms with Crippen molar-refractivity contribution in [1.82, 2.24) is 4.31 Å². The maximum Gasteiger partial charge on any atom is 0.243 e. The molecule has 5 nitrogen and oxygen atoms in total. The molecule has 0 aliphatic carbocycles. The minimum absolute atomic E-state index is 0. The molecule has 42 heavy (non-hydrogen) atoms. The lowest BCUT2D eigenvalue weighted by atomic mass is 10.1. The van der Waals surface area contributed by atoms with Crippen molar-refractivity contribution in [2.45, 2.75) is 116 Å². The van der Waals surface area contributed by atoms with Crippen LogP contribution in [-0.2, 0) is 29.7 Å². The van der Waals surface area contributed by atoms with Gasteiger partial charge in [-0.05, 0) is 62.6 Å². The summed E-state index contributed by atoms with van der Waals surface area (Å²) in [6.45, 7) is 10.4. The van der Waals surface area contributed by atoms with Crippen molar-refractivity contribution in [1.29, 1.82) is 0 Å². The van der Waals surface area contributed by atoms with Crippen molar-refractivity contribution in [3.63, 3.8) is 0 Å². The standard InChI is InChI=1S/C35H51N2O3S.HI/c1-5-7-8-9-10-11-12-13-14-17-26-40-34-22-21-32(31(4)27-34)28-37(29-33-18-15-16-25-36(33)6-2)41(38,39)35-23-19-30(3)20-24-35;/h15-16,18-25,27H,5-14,17,26,28-29H2,1-4H3;1H/q+1;/p-1. The summed E-state index contributed by atoms with van der Waals surface area (Å²) in [5.74, 6) is 0.849. The largest absolute Gasteiger partial charge is 1.00 e. The summed E-state index contributed by atoms with van der Waals surface area (Å²) in [4.78, 5) is 0.316. The van der Waals surface area contributed by atoms with E-state index in [9.17, 15) is 8.42 Å². The summed E-state index contributed by atoms with van der Waals surface area (Å²) in [7, 11) is -3.71. The van der Waals surface area contributed by atoms with E-state index in [0.717, 1.165) is 41.1 Å². The minimum Gasteiger partial charge on any atom is -1.00 e. The third-order valence-electron chi connectivity index (χ3n) is 7.80. The van der Waals surface area contributed by atoms with Crippen LogP contribution in [0.25, 0.3) is 0 Å². The van der Waals surface area contributed by atoms with Crippen LogP contribution in [0.5, 0.6) is 5.75 Å². The zero-order valence-electron chi connectivity index (χ0n) is 26.2. The van der Waals surface area contributed by atoms with E-state index in [4.69, 9.17) is 4.74 Å². The average Bonchev–Trinajstić information content (AvgIpc) is 2.97. The second-order valence-electron chi connectivity index (χ2n) is 11.2. The van der Waals surface area contributed by atoms with Crippen LogP contribution in [0.3, 0.4) is 0 Å². The van der Waals surface area contributed by atoms with Crippen LogP contribution < -0.4 is 33.3 Å². The van der Waals surface area contributed by atoms with Crippen LogP contribution in [0, 0.1) is 13.8 Å². The third kappa shape index (κ3) is 11.6. The number of sulfonamides is 1. The molecule has 1 aromatic heterocycles. The fourth-order valence-corrected chi connectivity index (χ4v) is 6.52. The summed E-state index contributed by atoms with van der Waals surface area (Å²) in [5, 5.41) is 0. The van der Waals surface area contributed by atoms with Crippen molar-refractivity contribution < 1.29 is 41.7 Å². The van der Waals surface area contributed by atoms with Crippen LogP contribution in [-0.4, -0.2) is 19.3 Å². The van der Waals surface area contributed by atoms with Crippen LogP contribution in [0.15, 0.2) is 71.8 Å². The average molecular weight is 707 g/mol.